The number of rotatable bonds is 8. The Labute approximate surface area is 208 Å². The third-order valence-corrected chi connectivity index (χ3v) is 5.40. The molecule has 0 spiro atoms. The molecule has 2 aromatic carbocycles. The smallest absolute Gasteiger partial charge is 0.191 e. The molecule has 0 amide bonds. The van der Waals surface area contributed by atoms with Gasteiger partial charge in [-0.15, -0.1) is 24.0 Å². The van der Waals surface area contributed by atoms with Crippen molar-refractivity contribution < 1.29 is 9.13 Å². The molecule has 1 unspecified atom stereocenters. The average Bonchev–Trinajstić information content (AvgIpc) is 2.79. The van der Waals surface area contributed by atoms with E-state index >= 15 is 0 Å². The Hall–Kier alpha value is -1.91. The molecule has 3 rings (SSSR count). The van der Waals surface area contributed by atoms with E-state index in [1.807, 2.05) is 26.2 Å². The second-order valence-electron chi connectivity index (χ2n) is 7.86. The maximum absolute atomic E-state index is 13.5. The molecule has 1 aliphatic rings. The van der Waals surface area contributed by atoms with Crippen LogP contribution in [0.15, 0.2) is 53.5 Å². The SMILES string of the molecule is CCNC(=NCc1cccc(N(C)C)c1)NCC(c1ccc(F)cc1)N1CCOCC1.I. The summed E-state index contributed by atoms with van der Waals surface area (Å²) in [6.07, 6.45) is 0. The highest BCUT2D eigenvalue weighted by molar-refractivity contribution is 14.0. The summed E-state index contributed by atoms with van der Waals surface area (Å²) in [5.41, 5.74) is 3.41. The van der Waals surface area contributed by atoms with Gasteiger partial charge in [-0.1, -0.05) is 24.3 Å². The molecule has 176 valence electrons. The van der Waals surface area contributed by atoms with Crippen LogP contribution in [0, 0.1) is 5.82 Å². The maximum atomic E-state index is 13.5. The van der Waals surface area contributed by atoms with E-state index in [1.165, 1.54) is 12.1 Å². The van der Waals surface area contributed by atoms with Gasteiger partial charge < -0.3 is 20.3 Å². The molecule has 0 aliphatic carbocycles. The lowest BCUT2D eigenvalue weighted by molar-refractivity contribution is 0.0170. The number of morpholine rings is 1. The minimum atomic E-state index is -0.215. The number of hydrogen-bond donors (Lipinski definition) is 2. The number of halogens is 2. The van der Waals surface area contributed by atoms with Crippen LogP contribution in [0.4, 0.5) is 10.1 Å². The summed E-state index contributed by atoms with van der Waals surface area (Å²) in [7, 11) is 4.07. The Morgan fingerprint density at radius 2 is 1.84 bits per heavy atom. The van der Waals surface area contributed by atoms with Crippen molar-refractivity contribution in [1.29, 1.82) is 0 Å². The standard InChI is InChI=1S/C24H34FN5O.HI/c1-4-26-24(27-17-19-6-5-7-22(16-19)29(2)3)28-18-23(30-12-14-31-15-13-30)20-8-10-21(25)11-9-20;/h5-11,16,23H,4,12-15,17-18H2,1-3H3,(H2,26,27,28);1H. The summed E-state index contributed by atoms with van der Waals surface area (Å²) in [6.45, 7) is 7.25. The Morgan fingerprint density at radius 3 is 2.50 bits per heavy atom. The van der Waals surface area contributed by atoms with E-state index in [1.54, 1.807) is 0 Å². The topological polar surface area (TPSA) is 52.1 Å². The quantitative estimate of drug-likeness (QED) is 0.296. The van der Waals surface area contributed by atoms with E-state index in [9.17, 15) is 4.39 Å². The Morgan fingerprint density at radius 1 is 1.12 bits per heavy atom. The van der Waals surface area contributed by atoms with Gasteiger partial charge in [-0.25, -0.2) is 9.38 Å². The lowest BCUT2D eigenvalue weighted by Gasteiger charge is -2.35. The molecule has 1 fully saturated rings. The molecule has 1 aliphatic heterocycles. The van der Waals surface area contributed by atoms with Crippen molar-refractivity contribution in [3.63, 3.8) is 0 Å². The van der Waals surface area contributed by atoms with Crippen LogP contribution in [0.1, 0.15) is 24.1 Å². The number of aliphatic imine (C=N–C) groups is 1. The predicted octanol–water partition coefficient (Wildman–Crippen LogP) is 3.64. The first kappa shape index (κ1) is 26.3. The molecule has 0 bridgehead atoms. The van der Waals surface area contributed by atoms with Gasteiger partial charge in [-0.3, -0.25) is 4.90 Å². The van der Waals surface area contributed by atoms with Crippen molar-refractivity contribution in [1.82, 2.24) is 15.5 Å². The van der Waals surface area contributed by atoms with Gasteiger partial charge in [0, 0.05) is 46.0 Å². The first-order chi connectivity index (χ1) is 15.1. The Bertz CT molecular complexity index is 841. The molecule has 2 aromatic rings. The Kier molecular flexibility index (Phi) is 11.2. The number of nitrogens with one attached hydrogen (secondary N) is 2. The van der Waals surface area contributed by atoms with E-state index in [4.69, 9.17) is 9.73 Å². The van der Waals surface area contributed by atoms with E-state index in [-0.39, 0.29) is 35.8 Å². The highest BCUT2D eigenvalue weighted by atomic mass is 127. The molecule has 8 heteroatoms. The van der Waals surface area contributed by atoms with Crippen molar-refractivity contribution in [3.05, 3.63) is 65.5 Å². The number of anilines is 1. The van der Waals surface area contributed by atoms with Crippen LogP contribution in [0.5, 0.6) is 0 Å². The predicted molar refractivity (Wildman–Crippen MR) is 141 cm³/mol. The zero-order chi connectivity index (χ0) is 22.1. The van der Waals surface area contributed by atoms with Gasteiger partial charge in [-0.2, -0.15) is 0 Å². The average molecular weight is 555 g/mol. The first-order valence-corrected chi connectivity index (χ1v) is 10.9. The summed E-state index contributed by atoms with van der Waals surface area (Å²) in [6, 6.07) is 15.3. The van der Waals surface area contributed by atoms with Gasteiger partial charge in [0.1, 0.15) is 5.82 Å². The third-order valence-electron chi connectivity index (χ3n) is 5.40. The number of hydrogen-bond acceptors (Lipinski definition) is 4. The highest BCUT2D eigenvalue weighted by Gasteiger charge is 2.23. The second kappa shape index (κ2) is 13.6. The van der Waals surface area contributed by atoms with Crippen molar-refractivity contribution in [2.75, 3.05) is 58.4 Å². The lowest BCUT2D eigenvalue weighted by atomic mass is 10.0. The molecular formula is C24H35FIN5O. The van der Waals surface area contributed by atoms with Gasteiger partial charge in [-0.05, 0) is 42.3 Å². The summed E-state index contributed by atoms with van der Waals surface area (Å²) in [5.74, 6) is 0.561. The molecule has 1 heterocycles. The zero-order valence-corrected chi connectivity index (χ0v) is 21.5. The van der Waals surface area contributed by atoms with Crippen LogP contribution < -0.4 is 15.5 Å². The van der Waals surface area contributed by atoms with Crippen LogP contribution in [0.25, 0.3) is 0 Å². The van der Waals surface area contributed by atoms with E-state index in [2.05, 4.69) is 51.6 Å². The monoisotopic (exact) mass is 555 g/mol. The van der Waals surface area contributed by atoms with Crippen LogP contribution in [-0.2, 0) is 11.3 Å². The summed E-state index contributed by atoms with van der Waals surface area (Å²) >= 11 is 0. The summed E-state index contributed by atoms with van der Waals surface area (Å²) < 4.78 is 19.0. The van der Waals surface area contributed by atoms with E-state index < -0.39 is 0 Å². The van der Waals surface area contributed by atoms with Crippen molar-refractivity contribution in [2.45, 2.75) is 19.5 Å². The molecule has 6 nitrogen and oxygen atoms in total. The van der Waals surface area contributed by atoms with Crippen LogP contribution in [-0.4, -0.2) is 64.3 Å². The fourth-order valence-electron chi connectivity index (χ4n) is 3.67. The Balaban J connectivity index is 0.00000363. The molecule has 0 saturated carbocycles. The number of ether oxygens (including phenoxy) is 1. The second-order valence-corrected chi connectivity index (χ2v) is 7.86. The largest absolute Gasteiger partial charge is 0.379 e. The van der Waals surface area contributed by atoms with Crippen molar-refractivity contribution in [3.8, 4) is 0 Å². The molecule has 0 radical (unpaired) electrons. The molecular weight excluding hydrogens is 520 g/mol. The van der Waals surface area contributed by atoms with Crippen molar-refractivity contribution in [2.24, 2.45) is 4.99 Å². The number of benzene rings is 2. The highest BCUT2D eigenvalue weighted by Crippen LogP contribution is 2.22. The minimum Gasteiger partial charge on any atom is -0.379 e. The van der Waals surface area contributed by atoms with Crippen LogP contribution >= 0.6 is 24.0 Å². The van der Waals surface area contributed by atoms with Gasteiger partial charge in [0.05, 0.1) is 25.8 Å². The molecule has 1 saturated heterocycles. The van der Waals surface area contributed by atoms with E-state index in [0.717, 1.165) is 42.4 Å². The number of nitrogens with zero attached hydrogens (tertiary/aromatic N) is 3. The number of guanidine groups is 1. The molecule has 1 atom stereocenters. The normalized spacial score (nSPS) is 15.6. The molecule has 32 heavy (non-hydrogen) atoms. The van der Waals surface area contributed by atoms with E-state index in [0.29, 0.717) is 26.3 Å². The maximum Gasteiger partial charge on any atom is 0.191 e. The zero-order valence-electron chi connectivity index (χ0n) is 19.2. The van der Waals surface area contributed by atoms with Crippen LogP contribution in [0.2, 0.25) is 0 Å². The van der Waals surface area contributed by atoms with Gasteiger partial charge >= 0.3 is 0 Å². The first-order valence-electron chi connectivity index (χ1n) is 10.9. The third kappa shape index (κ3) is 7.90. The minimum absolute atomic E-state index is 0. The fourth-order valence-corrected chi connectivity index (χ4v) is 3.67. The molecule has 0 aromatic heterocycles. The fraction of sp³-hybridized carbons (Fsp3) is 0.458. The lowest BCUT2D eigenvalue weighted by Crippen LogP contribution is -2.46. The summed E-state index contributed by atoms with van der Waals surface area (Å²) in [4.78, 5) is 9.25. The van der Waals surface area contributed by atoms with Gasteiger partial charge in [0.2, 0.25) is 0 Å². The van der Waals surface area contributed by atoms with Crippen LogP contribution in [0.3, 0.4) is 0 Å². The van der Waals surface area contributed by atoms with Crippen molar-refractivity contribution >= 4 is 35.6 Å². The summed E-state index contributed by atoms with van der Waals surface area (Å²) in [5, 5.41) is 6.83. The molecule has 2 N–H and O–H groups in total. The van der Waals surface area contributed by atoms with Gasteiger partial charge in [0.15, 0.2) is 5.96 Å². The van der Waals surface area contributed by atoms with Gasteiger partial charge in [0.25, 0.3) is 0 Å².